The van der Waals surface area contributed by atoms with Gasteiger partial charge in [0.2, 0.25) is 5.91 Å². The predicted molar refractivity (Wildman–Crippen MR) is 147 cm³/mol. The van der Waals surface area contributed by atoms with Crippen LogP contribution < -0.4 is 14.9 Å². The molecule has 3 aromatic rings. The largest absolute Gasteiger partial charge is 0.497 e. The molecule has 1 atom stereocenters. The number of carbonyl (C=O) groups excluding carboxylic acids is 3. The molecule has 2 heterocycles. The van der Waals surface area contributed by atoms with Gasteiger partial charge in [-0.05, 0) is 55.9 Å². The number of carbonyl (C=O) groups is 3. The molecule has 4 rings (SSSR count). The molecule has 38 heavy (non-hydrogen) atoms. The number of ether oxygens (including phenoxy) is 2. The highest BCUT2D eigenvalue weighted by atomic mass is 32.2. The number of anilines is 1. The summed E-state index contributed by atoms with van der Waals surface area (Å²) in [4.78, 5) is 43.2. The fourth-order valence-electron chi connectivity index (χ4n) is 4.35. The van der Waals surface area contributed by atoms with Crippen LogP contribution in [0.3, 0.4) is 0 Å². The van der Waals surface area contributed by atoms with E-state index in [4.69, 9.17) is 9.47 Å². The number of thiazole rings is 1. The van der Waals surface area contributed by atoms with Crippen LogP contribution >= 0.6 is 22.7 Å². The molecule has 2 amide bonds. The molecular weight excluding hydrogens is 550 g/mol. The molecule has 0 bridgehead atoms. The number of nitrogens with one attached hydrogen (secondary N) is 1. The number of sulfone groups is 1. The number of aryl methyl sites for hydroxylation is 1. The molecular formula is C25H29N3O7S3. The van der Waals surface area contributed by atoms with E-state index >= 15 is 0 Å². The topological polar surface area (TPSA) is 133 Å². The lowest BCUT2D eigenvalue weighted by Gasteiger charge is -2.18. The number of nitrogens with zero attached hydrogens (tertiary/aromatic N) is 2. The first kappa shape index (κ1) is 28.0. The molecule has 0 aliphatic heterocycles. The van der Waals surface area contributed by atoms with Crippen LogP contribution in [0.1, 0.15) is 41.1 Å². The highest BCUT2D eigenvalue weighted by Gasteiger charge is 2.30. The zero-order valence-electron chi connectivity index (χ0n) is 21.5. The molecule has 204 valence electrons. The van der Waals surface area contributed by atoms with Crippen LogP contribution in [0.15, 0.2) is 23.2 Å². The van der Waals surface area contributed by atoms with E-state index < -0.39 is 39.1 Å². The number of hydrogen-bond donors (Lipinski definition) is 1. The maximum Gasteiger partial charge on any atom is 0.341 e. The van der Waals surface area contributed by atoms with E-state index in [1.165, 1.54) is 22.7 Å². The number of methoxy groups -OCH3 is 1. The van der Waals surface area contributed by atoms with Crippen LogP contribution in [0, 0.1) is 5.92 Å². The third kappa shape index (κ3) is 6.16. The molecule has 0 radical (unpaired) electrons. The second-order valence-corrected chi connectivity index (χ2v) is 13.3. The number of fused-ring (bicyclic) bond motifs is 2. The van der Waals surface area contributed by atoms with Crippen LogP contribution in [-0.4, -0.2) is 56.0 Å². The van der Waals surface area contributed by atoms with Gasteiger partial charge in [-0.25, -0.2) is 13.2 Å². The maximum atomic E-state index is 12.7. The Hall–Kier alpha value is -3.03. The van der Waals surface area contributed by atoms with E-state index in [0.29, 0.717) is 28.5 Å². The first-order chi connectivity index (χ1) is 18.0. The second-order valence-electron chi connectivity index (χ2n) is 9.14. The van der Waals surface area contributed by atoms with Gasteiger partial charge >= 0.3 is 5.97 Å². The molecule has 0 spiro atoms. The van der Waals surface area contributed by atoms with Crippen molar-refractivity contribution in [2.75, 3.05) is 30.5 Å². The summed E-state index contributed by atoms with van der Waals surface area (Å²) >= 11 is 2.50. The number of esters is 1. The summed E-state index contributed by atoms with van der Waals surface area (Å²) in [5.74, 6) is -2.97. The van der Waals surface area contributed by atoms with Crippen molar-refractivity contribution in [3.05, 3.63) is 39.0 Å². The molecule has 10 nitrogen and oxygen atoms in total. The summed E-state index contributed by atoms with van der Waals surface area (Å²) in [7, 11) is -0.844. The van der Waals surface area contributed by atoms with Crippen molar-refractivity contribution >= 4 is 65.5 Å². The Morgan fingerprint density at radius 1 is 1.21 bits per heavy atom. The lowest BCUT2D eigenvalue weighted by Crippen LogP contribution is -2.28. The van der Waals surface area contributed by atoms with Gasteiger partial charge in [0.25, 0.3) is 5.91 Å². The fraction of sp³-hybridized carbons (Fsp3) is 0.440. The number of hydrogen-bond acceptors (Lipinski definition) is 9. The normalized spacial score (nSPS) is 15.8. The van der Waals surface area contributed by atoms with Crippen LogP contribution in [0.2, 0.25) is 0 Å². The number of aromatic nitrogens is 1. The predicted octanol–water partition coefficient (Wildman–Crippen LogP) is 3.09. The molecule has 0 saturated heterocycles. The van der Waals surface area contributed by atoms with Gasteiger partial charge in [0.1, 0.15) is 22.3 Å². The highest BCUT2D eigenvalue weighted by molar-refractivity contribution is 7.92. The Morgan fingerprint density at radius 3 is 2.68 bits per heavy atom. The third-order valence-electron chi connectivity index (χ3n) is 6.18. The van der Waals surface area contributed by atoms with Crippen molar-refractivity contribution in [2.24, 2.45) is 18.0 Å². The van der Waals surface area contributed by atoms with Crippen molar-refractivity contribution in [3.8, 4) is 5.75 Å². The summed E-state index contributed by atoms with van der Waals surface area (Å²) in [6.07, 6.45) is 2.38. The van der Waals surface area contributed by atoms with E-state index in [9.17, 15) is 22.8 Å². The Labute approximate surface area is 228 Å². The molecule has 0 saturated carbocycles. The minimum atomic E-state index is -4.12. The van der Waals surface area contributed by atoms with Gasteiger partial charge in [-0.2, -0.15) is 4.99 Å². The molecule has 0 fully saturated rings. The Morgan fingerprint density at radius 2 is 1.97 bits per heavy atom. The average molecular weight is 580 g/mol. The number of amides is 2. The number of benzene rings is 1. The third-order valence-corrected chi connectivity index (χ3v) is 9.83. The first-order valence-corrected chi connectivity index (χ1v) is 15.5. The Kier molecular flexibility index (Phi) is 8.38. The summed E-state index contributed by atoms with van der Waals surface area (Å²) < 4.78 is 38.3. The van der Waals surface area contributed by atoms with E-state index in [1.54, 1.807) is 37.8 Å². The summed E-state index contributed by atoms with van der Waals surface area (Å²) in [6.45, 7) is 3.99. The summed E-state index contributed by atoms with van der Waals surface area (Å²) in [5, 5.41) is 2.87. The zero-order valence-corrected chi connectivity index (χ0v) is 24.0. The average Bonchev–Trinajstić information content (AvgIpc) is 3.33. The highest BCUT2D eigenvalue weighted by Crippen LogP contribution is 2.40. The lowest BCUT2D eigenvalue weighted by molar-refractivity contribution is -0.115. The van der Waals surface area contributed by atoms with Crippen molar-refractivity contribution in [2.45, 2.75) is 33.1 Å². The van der Waals surface area contributed by atoms with E-state index in [0.717, 1.165) is 33.5 Å². The number of rotatable bonds is 8. The zero-order chi connectivity index (χ0) is 27.6. The summed E-state index contributed by atoms with van der Waals surface area (Å²) in [6, 6.07) is 5.41. The second kappa shape index (κ2) is 11.4. The van der Waals surface area contributed by atoms with Gasteiger partial charge in [0.15, 0.2) is 14.6 Å². The molecule has 1 aliphatic carbocycles. The molecule has 1 N–H and O–H groups in total. The monoisotopic (exact) mass is 579 g/mol. The van der Waals surface area contributed by atoms with Gasteiger partial charge in [0, 0.05) is 11.9 Å². The van der Waals surface area contributed by atoms with E-state index in [-0.39, 0.29) is 11.6 Å². The molecule has 1 unspecified atom stereocenters. The van der Waals surface area contributed by atoms with Crippen molar-refractivity contribution in [3.63, 3.8) is 0 Å². The SMILES string of the molecule is CCOC(=O)c1c(NC(=O)CS(=O)(=O)CC(=O)N=c2sc3cc(OC)ccc3n2C)sc2c1CCC(C)C2. The Balaban J connectivity index is 1.49. The van der Waals surface area contributed by atoms with Gasteiger partial charge in [-0.15, -0.1) is 11.3 Å². The first-order valence-electron chi connectivity index (χ1n) is 12.0. The van der Waals surface area contributed by atoms with E-state index in [1.807, 2.05) is 6.07 Å². The van der Waals surface area contributed by atoms with Crippen LogP contribution in [0.4, 0.5) is 5.00 Å². The minimum Gasteiger partial charge on any atom is -0.497 e. The maximum absolute atomic E-state index is 12.7. The van der Waals surface area contributed by atoms with Crippen molar-refractivity contribution in [1.82, 2.24) is 4.57 Å². The van der Waals surface area contributed by atoms with Gasteiger partial charge in [0.05, 0.1) is 29.5 Å². The summed E-state index contributed by atoms with van der Waals surface area (Å²) in [5.41, 5.74) is 1.96. The smallest absolute Gasteiger partial charge is 0.341 e. The van der Waals surface area contributed by atoms with Crippen LogP contribution in [0.5, 0.6) is 5.75 Å². The van der Waals surface area contributed by atoms with Gasteiger partial charge in [-0.1, -0.05) is 18.3 Å². The number of thiophene rings is 1. The molecule has 13 heteroatoms. The van der Waals surface area contributed by atoms with Crippen LogP contribution in [0.25, 0.3) is 10.2 Å². The Bertz CT molecular complexity index is 1580. The van der Waals surface area contributed by atoms with Crippen molar-refractivity contribution < 1.29 is 32.3 Å². The molecule has 2 aromatic heterocycles. The molecule has 1 aliphatic rings. The van der Waals surface area contributed by atoms with Crippen molar-refractivity contribution in [1.29, 1.82) is 0 Å². The van der Waals surface area contributed by atoms with Gasteiger partial charge < -0.3 is 19.4 Å². The quantitative estimate of drug-likeness (QED) is 0.406. The molecule has 1 aromatic carbocycles. The van der Waals surface area contributed by atoms with E-state index in [2.05, 4.69) is 17.2 Å². The standard InChI is InChI=1S/C25H29N3O7S3/c1-5-35-24(31)22-16-8-6-14(2)10-18(16)36-23(22)26-20(29)12-38(32,33)13-21(30)27-25-28(3)17-9-7-15(34-4)11-19(17)37-25/h7,9,11,14H,5-6,8,10,12-13H2,1-4H3,(H,26,29). The lowest BCUT2D eigenvalue weighted by atomic mass is 9.88. The van der Waals surface area contributed by atoms with Gasteiger partial charge in [-0.3, -0.25) is 9.59 Å². The fourth-order valence-corrected chi connectivity index (χ4v) is 7.84. The van der Waals surface area contributed by atoms with Crippen LogP contribution in [-0.2, 0) is 44.1 Å². The minimum absolute atomic E-state index is 0.179.